The van der Waals surface area contributed by atoms with E-state index in [1.165, 1.54) is 36.3 Å². The summed E-state index contributed by atoms with van der Waals surface area (Å²) in [6, 6.07) is 3.19. The number of amides is 1. The van der Waals surface area contributed by atoms with Gasteiger partial charge in [-0.2, -0.15) is 5.10 Å². The first-order valence-corrected chi connectivity index (χ1v) is 9.55. The topological polar surface area (TPSA) is 63.1 Å². The Morgan fingerprint density at radius 3 is 3.04 bits per heavy atom. The first kappa shape index (κ1) is 15.8. The van der Waals surface area contributed by atoms with E-state index in [-0.39, 0.29) is 5.91 Å². The Morgan fingerprint density at radius 1 is 1.46 bits per heavy atom. The molecule has 128 valence electrons. The average molecular weight is 345 g/mol. The van der Waals surface area contributed by atoms with Crippen molar-refractivity contribution in [2.75, 3.05) is 13.1 Å². The van der Waals surface area contributed by atoms with Gasteiger partial charge in [0, 0.05) is 37.3 Å². The van der Waals surface area contributed by atoms with Crippen LogP contribution in [0.2, 0.25) is 0 Å². The first-order chi connectivity index (χ1) is 11.7. The fourth-order valence-electron chi connectivity index (χ4n) is 3.57. The van der Waals surface area contributed by atoms with Gasteiger partial charge in [-0.15, -0.1) is 11.3 Å². The highest BCUT2D eigenvalue weighted by Crippen LogP contribution is 2.31. The molecule has 0 bridgehead atoms. The lowest BCUT2D eigenvalue weighted by atomic mass is 9.90. The van der Waals surface area contributed by atoms with E-state index in [0.717, 1.165) is 30.6 Å². The second kappa shape index (κ2) is 6.64. The number of nitrogens with zero attached hydrogens (tertiary/aromatic N) is 4. The van der Waals surface area contributed by atoms with Gasteiger partial charge in [-0.25, -0.2) is 4.98 Å². The second-order valence-corrected chi connectivity index (χ2v) is 7.79. The van der Waals surface area contributed by atoms with Gasteiger partial charge in [-0.3, -0.25) is 14.4 Å². The van der Waals surface area contributed by atoms with E-state index in [2.05, 4.69) is 31.0 Å². The molecule has 3 heterocycles. The van der Waals surface area contributed by atoms with E-state index < -0.39 is 0 Å². The lowest BCUT2D eigenvalue weighted by molar-refractivity contribution is 0.0723. The number of hydrogen-bond donors (Lipinski definition) is 1. The highest BCUT2D eigenvalue weighted by Gasteiger charge is 2.32. The van der Waals surface area contributed by atoms with Gasteiger partial charge in [0.2, 0.25) is 0 Å². The number of carbonyl (C=O) groups is 1. The van der Waals surface area contributed by atoms with Crippen LogP contribution in [0.1, 0.15) is 52.9 Å². The lowest BCUT2D eigenvalue weighted by Crippen LogP contribution is -2.47. The third-order valence-electron chi connectivity index (χ3n) is 5.11. The summed E-state index contributed by atoms with van der Waals surface area (Å²) in [6.07, 6.45) is 6.78. The third-order valence-corrected chi connectivity index (χ3v) is 5.89. The normalized spacial score (nSPS) is 21.3. The van der Waals surface area contributed by atoms with E-state index in [1.807, 2.05) is 18.5 Å². The minimum Gasteiger partial charge on any atom is -0.351 e. The summed E-state index contributed by atoms with van der Waals surface area (Å²) in [7, 11) is 0. The van der Waals surface area contributed by atoms with E-state index >= 15 is 0 Å². The van der Waals surface area contributed by atoms with E-state index in [4.69, 9.17) is 0 Å². The molecular formula is C17H23N5OS. The van der Waals surface area contributed by atoms with Crippen LogP contribution in [-0.2, 0) is 6.54 Å². The molecule has 1 aliphatic carbocycles. The molecule has 2 aromatic heterocycles. The maximum Gasteiger partial charge on any atom is 0.270 e. The summed E-state index contributed by atoms with van der Waals surface area (Å²) in [5.41, 5.74) is 1.82. The van der Waals surface area contributed by atoms with Crippen LogP contribution in [0.5, 0.6) is 0 Å². The molecule has 7 heteroatoms. The second-order valence-electron chi connectivity index (χ2n) is 6.73. The largest absolute Gasteiger partial charge is 0.351 e. The molecule has 4 rings (SSSR count). The maximum atomic E-state index is 12.1. The Hall–Kier alpha value is -1.73. The Balaban J connectivity index is 1.36. The zero-order valence-corrected chi connectivity index (χ0v) is 14.8. The van der Waals surface area contributed by atoms with Crippen molar-refractivity contribution in [2.45, 2.75) is 51.2 Å². The van der Waals surface area contributed by atoms with Gasteiger partial charge in [0.15, 0.2) is 0 Å². The van der Waals surface area contributed by atoms with Gasteiger partial charge < -0.3 is 5.32 Å². The molecule has 1 saturated carbocycles. The molecule has 2 aromatic rings. The van der Waals surface area contributed by atoms with Gasteiger partial charge in [-0.1, -0.05) is 6.42 Å². The zero-order valence-electron chi connectivity index (χ0n) is 13.9. The van der Waals surface area contributed by atoms with E-state index in [0.29, 0.717) is 18.3 Å². The van der Waals surface area contributed by atoms with Gasteiger partial charge in [0.05, 0.1) is 16.7 Å². The standard InChI is InChI=1S/C17H23N5OS/c1-12-20-16(11-24-12)17(23)18-7-5-14-9-21(13-3-2-4-13)10-15-6-8-19-22(14)15/h6,8,11,13-14H,2-5,7,9-10H2,1H3,(H,18,23)/t14-/m1/s1. The van der Waals surface area contributed by atoms with Crippen molar-refractivity contribution in [1.82, 2.24) is 25.0 Å². The van der Waals surface area contributed by atoms with Crippen molar-refractivity contribution in [1.29, 1.82) is 0 Å². The summed E-state index contributed by atoms with van der Waals surface area (Å²) in [5.74, 6) is -0.0771. The number of aromatic nitrogens is 3. The quantitative estimate of drug-likeness (QED) is 0.904. The van der Waals surface area contributed by atoms with E-state index in [1.54, 1.807) is 0 Å². The predicted octanol–water partition coefficient (Wildman–Crippen LogP) is 2.38. The number of rotatable bonds is 5. The van der Waals surface area contributed by atoms with Crippen molar-refractivity contribution in [3.63, 3.8) is 0 Å². The van der Waals surface area contributed by atoms with Crippen LogP contribution in [0.15, 0.2) is 17.6 Å². The lowest BCUT2D eigenvalue weighted by Gasteiger charge is -2.42. The highest BCUT2D eigenvalue weighted by molar-refractivity contribution is 7.09. The fraction of sp³-hybridized carbons (Fsp3) is 0.588. The predicted molar refractivity (Wildman–Crippen MR) is 93.1 cm³/mol. The Labute approximate surface area is 145 Å². The maximum absolute atomic E-state index is 12.1. The summed E-state index contributed by atoms with van der Waals surface area (Å²) in [5, 5.41) is 10.2. The van der Waals surface area contributed by atoms with Crippen molar-refractivity contribution in [3.8, 4) is 0 Å². The van der Waals surface area contributed by atoms with Crippen LogP contribution >= 0.6 is 11.3 Å². The van der Waals surface area contributed by atoms with Crippen LogP contribution in [-0.4, -0.2) is 44.7 Å². The number of aryl methyl sites for hydroxylation is 1. The Kier molecular flexibility index (Phi) is 4.37. The van der Waals surface area contributed by atoms with E-state index in [9.17, 15) is 4.79 Å². The van der Waals surface area contributed by atoms with Gasteiger partial charge in [0.1, 0.15) is 5.69 Å². The van der Waals surface area contributed by atoms with Gasteiger partial charge in [0.25, 0.3) is 5.91 Å². The van der Waals surface area contributed by atoms with Crippen LogP contribution < -0.4 is 5.32 Å². The van der Waals surface area contributed by atoms with Crippen molar-refractivity contribution in [3.05, 3.63) is 34.0 Å². The average Bonchev–Trinajstić information content (AvgIpc) is 3.14. The van der Waals surface area contributed by atoms with Crippen LogP contribution in [0.3, 0.4) is 0 Å². The molecule has 0 saturated heterocycles. The molecule has 1 N–H and O–H groups in total. The fourth-order valence-corrected chi connectivity index (χ4v) is 4.16. The van der Waals surface area contributed by atoms with Crippen molar-refractivity contribution < 1.29 is 4.79 Å². The molecule has 1 aliphatic heterocycles. The number of carbonyl (C=O) groups excluding carboxylic acids is 1. The molecular weight excluding hydrogens is 322 g/mol. The van der Waals surface area contributed by atoms with Crippen LogP contribution in [0.4, 0.5) is 0 Å². The number of thiazole rings is 1. The molecule has 1 amide bonds. The smallest absolute Gasteiger partial charge is 0.270 e. The molecule has 0 aromatic carbocycles. The summed E-state index contributed by atoms with van der Waals surface area (Å²) in [6.45, 7) is 4.60. The zero-order chi connectivity index (χ0) is 16.5. The highest BCUT2D eigenvalue weighted by atomic mass is 32.1. The summed E-state index contributed by atoms with van der Waals surface area (Å²) >= 11 is 1.51. The molecule has 1 atom stereocenters. The minimum absolute atomic E-state index is 0.0771. The Morgan fingerprint density at radius 2 is 2.33 bits per heavy atom. The molecule has 6 nitrogen and oxygen atoms in total. The first-order valence-electron chi connectivity index (χ1n) is 8.67. The monoisotopic (exact) mass is 345 g/mol. The number of nitrogens with one attached hydrogen (secondary N) is 1. The minimum atomic E-state index is -0.0771. The molecule has 2 aliphatic rings. The molecule has 24 heavy (non-hydrogen) atoms. The summed E-state index contributed by atoms with van der Waals surface area (Å²) in [4.78, 5) is 19.0. The molecule has 0 spiro atoms. The SMILES string of the molecule is Cc1nc(C(=O)NCC[C@@H]2CN(C3CCC3)Cc3ccnn32)cs1. The summed E-state index contributed by atoms with van der Waals surface area (Å²) < 4.78 is 2.15. The number of hydrogen-bond acceptors (Lipinski definition) is 5. The third kappa shape index (κ3) is 3.10. The molecule has 0 radical (unpaired) electrons. The van der Waals surface area contributed by atoms with Crippen molar-refractivity contribution in [2.24, 2.45) is 0 Å². The Bertz CT molecular complexity index is 720. The van der Waals surface area contributed by atoms with Crippen LogP contribution in [0.25, 0.3) is 0 Å². The molecule has 0 unspecified atom stereocenters. The van der Waals surface area contributed by atoms with Crippen molar-refractivity contribution >= 4 is 17.2 Å². The number of fused-ring (bicyclic) bond motifs is 1. The van der Waals surface area contributed by atoms with Crippen LogP contribution in [0, 0.1) is 6.92 Å². The van der Waals surface area contributed by atoms with Gasteiger partial charge in [-0.05, 0) is 32.3 Å². The van der Waals surface area contributed by atoms with Gasteiger partial charge >= 0.3 is 0 Å². The molecule has 1 fully saturated rings.